The molecule has 0 bridgehead atoms. The first kappa shape index (κ1) is 22.1. The molecule has 2 atom stereocenters. The molecule has 0 heterocycles. The van der Waals surface area contributed by atoms with Crippen molar-refractivity contribution in [2.75, 3.05) is 0 Å². The van der Waals surface area contributed by atoms with Crippen molar-refractivity contribution < 1.29 is 22.8 Å². The Balaban J connectivity index is 2.14. The van der Waals surface area contributed by atoms with Crippen LogP contribution in [0.4, 0.5) is 13.2 Å². The molecular weight excluding hydrogens is 405 g/mol. The molecule has 0 saturated carbocycles. The number of nitrogens with two attached hydrogens (primary N) is 1. The molecule has 31 heavy (non-hydrogen) atoms. The van der Waals surface area contributed by atoms with E-state index in [1.54, 1.807) is 67.6 Å². The van der Waals surface area contributed by atoms with E-state index < -0.39 is 35.6 Å². The molecule has 4 nitrogen and oxygen atoms in total. The summed E-state index contributed by atoms with van der Waals surface area (Å²) >= 11 is 0. The number of amides is 2. The molecule has 0 spiro atoms. The third-order valence-electron chi connectivity index (χ3n) is 5.03. The summed E-state index contributed by atoms with van der Waals surface area (Å²) in [5, 5.41) is 0. The van der Waals surface area contributed by atoms with Crippen molar-refractivity contribution in [1.82, 2.24) is 4.90 Å². The molecule has 2 N–H and O–H groups in total. The van der Waals surface area contributed by atoms with Crippen LogP contribution >= 0.6 is 0 Å². The minimum absolute atomic E-state index is 0.237. The summed E-state index contributed by atoms with van der Waals surface area (Å²) in [5.74, 6) is -1.30. The van der Waals surface area contributed by atoms with Gasteiger partial charge in [-0.15, -0.1) is 0 Å². The molecule has 160 valence electrons. The molecule has 0 aliphatic carbocycles. The van der Waals surface area contributed by atoms with Gasteiger partial charge in [0.25, 0.3) is 5.91 Å². The molecule has 0 unspecified atom stereocenters. The van der Waals surface area contributed by atoms with Gasteiger partial charge in [-0.05, 0) is 42.3 Å². The van der Waals surface area contributed by atoms with Crippen LogP contribution < -0.4 is 5.73 Å². The van der Waals surface area contributed by atoms with E-state index in [4.69, 9.17) is 5.73 Å². The summed E-state index contributed by atoms with van der Waals surface area (Å²) in [5.41, 5.74) is 5.86. The second-order valence-corrected chi connectivity index (χ2v) is 7.09. The zero-order valence-electron chi connectivity index (χ0n) is 16.7. The fourth-order valence-electron chi connectivity index (χ4n) is 3.48. The first-order valence-corrected chi connectivity index (χ1v) is 9.59. The quantitative estimate of drug-likeness (QED) is 0.594. The highest BCUT2D eigenvalue weighted by Crippen LogP contribution is 2.35. The van der Waals surface area contributed by atoms with Gasteiger partial charge in [-0.2, -0.15) is 13.2 Å². The molecule has 0 radical (unpaired) electrons. The van der Waals surface area contributed by atoms with Gasteiger partial charge in [0, 0.05) is 5.56 Å². The van der Waals surface area contributed by atoms with Crippen LogP contribution in [0, 0.1) is 0 Å². The second kappa shape index (κ2) is 9.04. The number of alkyl halides is 3. The predicted octanol–water partition coefficient (Wildman–Crippen LogP) is 5.14. The average molecular weight is 426 g/mol. The van der Waals surface area contributed by atoms with Gasteiger partial charge in [0.15, 0.2) is 0 Å². The maximum atomic E-state index is 13.5. The lowest BCUT2D eigenvalue weighted by Crippen LogP contribution is -2.43. The molecule has 3 aromatic carbocycles. The maximum Gasteiger partial charge on any atom is 0.416 e. The van der Waals surface area contributed by atoms with Crippen molar-refractivity contribution >= 4 is 11.8 Å². The topological polar surface area (TPSA) is 63.4 Å². The van der Waals surface area contributed by atoms with Crippen LogP contribution in [0.25, 0.3) is 0 Å². The standard InChI is InChI=1S/C24H21F3N2O2/c1-16(19-13-8-14-20(15-19)24(25,26)27)29(23(31)18-11-6-3-7-12-18)21(22(28)30)17-9-4-2-5-10-17/h2-16,21H,1H3,(H2,28,30)/t16-,21+/m1/s1. The minimum atomic E-state index is -4.54. The molecule has 0 fully saturated rings. The minimum Gasteiger partial charge on any atom is -0.368 e. The Morgan fingerprint density at radius 3 is 1.94 bits per heavy atom. The van der Waals surface area contributed by atoms with Crippen LogP contribution in [0.1, 0.15) is 46.1 Å². The molecular formula is C24H21F3N2O2. The Morgan fingerprint density at radius 2 is 1.39 bits per heavy atom. The van der Waals surface area contributed by atoms with Crippen molar-refractivity contribution in [3.05, 3.63) is 107 Å². The zero-order valence-corrected chi connectivity index (χ0v) is 16.7. The molecule has 0 aliphatic heterocycles. The zero-order chi connectivity index (χ0) is 22.6. The fourth-order valence-corrected chi connectivity index (χ4v) is 3.48. The lowest BCUT2D eigenvalue weighted by molar-refractivity contribution is -0.137. The van der Waals surface area contributed by atoms with E-state index >= 15 is 0 Å². The van der Waals surface area contributed by atoms with Crippen molar-refractivity contribution in [2.45, 2.75) is 25.2 Å². The first-order valence-electron chi connectivity index (χ1n) is 9.59. The summed E-state index contributed by atoms with van der Waals surface area (Å²) in [6.45, 7) is 1.58. The fraction of sp³-hybridized carbons (Fsp3) is 0.167. The van der Waals surface area contributed by atoms with Gasteiger partial charge in [-0.25, -0.2) is 0 Å². The van der Waals surface area contributed by atoms with Crippen LogP contribution in [-0.2, 0) is 11.0 Å². The molecule has 0 aliphatic rings. The SMILES string of the molecule is C[C@H](c1cccc(C(F)(F)F)c1)N(C(=O)c1ccccc1)[C@H](C(N)=O)c1ccccc1. The molecule has 3 rings (SSSR count). The molecule has 2 amide bonds. The van der Waals surface area contributed by atoms with E-state index in [9.17, 15) is 22.8 Å². The molecule has 3 aromatic rings. The van der Waals surface area contributed by atoms with Gasteiger partial charge >= 0.3 is 6.18 Å². The summed E-state index contributed by atoms with van der Waals surface area (Å²) in [6, 6.07) is 19.4. The number of primary amides is 1. The Labute approximate surface area is 178 Å². The Kier molecular flexibility index (Phi) is 6.44. The summed E-state index contributed by atoms with van der Waals surface area (Å²) in [4.78, 5) is 27.2. The van der Waals surface area contributed by atoms with Gasteiger partial charge in [0.2, 0.25) is 5.91 Å². The van der Waals surface area contributed by atoms with Crippen molar-refractivity contribution in [3.63, 3.8) is 0 Å². The third kappa shape index (κ3) is 4.94. The van der Waals surface area contributed by atoms with Crippen LogP contribution in [0.15, 0.2) is 84.9 Å². The predicted molar refractivity (Wildman–Crippen MR) is 111 cm³/mol. The van der Waals surface area contributed by atoms with E-state index in [1.807, 2.05) is 0 Å². The van der Waals surface area contributed by atoms with Crippen molar-refractivity contribution in [1.29, 1.82) is 0 Å². The van der Waals surface area contributed by atoms with E-state index in [-0.39, 0.29) is 5.56 Å². The number of carbonyl (C=O) groups excluding carboxylic acids is 2. The average Bonchev–Trinajstić information content (AvgIpc) is 2.77. The monoisotopic (exact) mass is 426 g/mol. The number of halogens is 3. The van der Waals surface area contributed by atoms with Gasteiger partial charge in [0.05, 0.1) is 11.6 Å². The van der Waals surface area contributed by atoms with Gasteiger partial charge < -0.3 is 10.6 Å². The lowest BCUT2D eigenvalue weighted by Gasteiger charge is -2.36. The maximum absolute atomic E-state index is 13.5. The summed E-state index contributed by atoms with van der Waals surface area (Å²) < 4.78 is 39.8. The normalized spacial score (nSPS) is 13.3. The Morgan fingerprint density at radius 1 is 0.839 bits per heavy atom. The van der Waals surface area contributed by atoms with Gasteiger partial charge in [0.1, 0.15) is 6.04 Å². The van der Waals surface area contributed by atoms with E-state index in [1.165, 1.54) is 17.0 Å². The largest absolute Gasteiger partial charge is 0.416 e. The second-order valence-electron chi connectivity index (χ2n) is 7.09. The molecule has 7 heteroatoms. The third-order valence-corrected chi connectivity index (χ3v) is 5.03. The number of nitrogens with zero attached hydrogens (tertiary/aromatic N) is 1. The number of carbonyl (C=O) groups is 2. The summed E-state index contributed by atoms with van der Waals surface area (Å²) in [6.07, 6.45) is -4.54. The summed E-state index contributed by atoms with van der Waals surface area (Å²) in [7, 11) is 0. The number of rotatable bonds is 6. The molecule has 0 saturated heterocycles. The highest BCUT2D eigenvalue weighted by molar-refractivity contribution is 5.98. The van der Waals surface area contributed by atoms with Crippen LogP contribution in [0.3, 0.4) is 0 Å². The van der Waals surface area contributed by atoms with Gasteiger partial charge in [-0.3, -0.25) is 9.59 Å². The highest BCUT2D eigenvalue weighted by Gasteiger charge is 2.36. The number of benzene rings is 3. The molecule has 0 aromatic heterocycles. The van der Waals surface area contributed by atoms with Gasteiger partial charge in [-0.1, -0.05) is 60.7 Å². The van der Waals surface area contributed by atoms with Crippen LogP contribution in [-0.4, -0.2) is 16.7 Å². The smallest absolute Gasteiger partial charge is 0.368 e. The van der Waals surface area contributed by atoms with Crippen LogP contribution in [0.5, 0.6) is 0 Å². The van der Waals surface area contributed by atoms with E-state index in [0.29, 0.717) is 11.1 Å². The number of hydrogen-bond acceptors (Lipinski definition) is 2. The van der Waals surface area contributed by atoms with Crippen LogP contribution in [0.2, 0.25) is 0 Å². The first-order chi connectivity index (χ1) is 14.7. The number of hydrogen-bond donors (Lipinski definition) is 1. The highest BCUT2D eigenvalue weighted by atomic mass is 19.4. The lowest BCUT2D eigenvalue weighted by atomic mass is 9.97. The van der Waals surface area contributed by atoms with E-state index in [2.05, 4.69) is 0 Å². The van der Waals surface area contributed by atoms with Crippen molar-refractivity contribution in [2.24, 2.45) is 5.73 Å². The Hall–Kier alpha value is -3.61. The van der Waals surface area contributed by atoms with Crippen molar-refractivity contribution in [3.8, 4) is 0 Å². The van der Waals surface area contributed by atoms with E-state index in [0.717, 1.165) is 12.1 Å². The Bertz CT molecular complexity index is 1050.